The zero-order valence-corrected chi connectivity index (χ0v) is 15.8. The Balaban J connectivity index is 1.23. The Labute approximate surface area is 158 Å². The number of hydrogen-bond donors (Lipinski definition) is 0. The van der Waals surface area contributed by atoms with E-state index in [0.29, 0.717) is 17.6 Å². The molecule has 0 bridgehead atoms. The van der Waals surface area contributed by atoms with Gasteiger partial charge in [-0.3, -0.25) is 4.79 Å². The largest absolute Gasteiger partial charge is 0.342 e. The maximum atomic E-state index is 12.5. The van der Waals surface area contributed by atoms with E-state index in [0.717, 1.165) is 49.8 Å². The highest BCUT2D eigenvalue weighted by molar-refractivity contribution is 7.99. The molecule has 0 spiro atoms. The van der Waals surface area contributed by atoms with E-state index in [1.165, 1.54) is 18.4 Å². The van der Waals surface area contributed by atoms with Crippen LogP contribution in [0.1, 0.15) is 48.9 Å². The van der Waals surface area contributed by atoms with Gasteiger partial charge in [-0.05, 0) is 37.2 Å². The van der Waals surface area contributed by atoms with Gasteiger partial charge < -0.3 is 9.42 Å². The van der Waals surface area contributed by atoms with Crippen molar-refractivity contribution in [2.45, 2.75) is 43.8 Å². The Morgan fingerprint density at radius 3 is 2.88 bits per heavy atom. The first-order chi connectivity index (χ1) is 12.8. The van der Waals surface area contributed by atoms with E-state index >= 15 is 0 Å². The highest BCUT2D eigenvalue weighted by atomic mass is 32.2. The minimum atomic E-state index is 0.250. The molecule has 1 amide bonds. The number of rotatable bonds is 7. The summed E-state index contributed by atoms with van der Waals surface area (Å²) in [6.07, 6.45) is 5.35. The molecule has 0 radical (unpaired) electrons. The molecule has 4 rings (SSSR count). The third kappa shape index (κ3) is 4.67. The fourth-order valence-corrected chi connectivity index (χ4v) is 4.37. The van der Waals surface area contributed by atoms with Crippen molar-refractivity contribution in [2.75, 3.05) is 18.8 Å². The van der Waals surface area contributed by atoms with E-state index in [1.807, 2.05) is 23.1 Å². The molecule has 1 aromatic heterocycles. The summed E-state index contributed by atoms with van der Waals surface area (Å²) in [5.41, 5.74) is 1.27. The normalized spacial score (nSPS) is 20.3. The molecule has 26 heavy (non-hydrogen) atoms. The summed E-state index contributed by atoms with van der Waals surface area (Å²) in [4.78, 5) is 19.1. The van der Waals surface area contributed by atoms with Gasteiger partial charge in [0.1, 0.15) is 0 Å². The maximum Gasteiger partial charge on any atom is 0.232 e. The topological polar surface area (TPSA) is 59.2 Å². The minimum absolute atomic E-state index is 0.250. The molecule has 5 nitrogen and oxygen atoms in total. The van der Waals surface area contributed by atoms with Crippen LogP contribution in [0.2, 0.25) is 0 Å². The van der Waals surface area contributed by atoms with Crippen molar-refractivity contribution in [3.05, 3.63) is 47.6 Å². The summed E-state index contributed by atoms with van der Waals surface area (Å²) in [7, 11) is 0. The highest BCUT2D eigenvalue weighted by Crippen LogP contribution is 2.38. The average Bonchev–Trinajstić information content (AvgIpc) is 3.42. The fraction of sp³-hybridized carbons (Fsp3) is 0.550. The van der Waals surface area contributed by atoms with E-state index in [9.17, 15) is 4.79 Å². The van der Waals surface area contributed by atoms with Crippen molar-refractivity contribution in [1.82, 2.24) is 15.0 Å². The summed E-state index contributed by atoms with van der Waals surface area (Å²) >= 11 is 1.69. The summed E-state index contributed by atoms with van der Waals surface area (Å²) in [5, 5.41) is 4.10. The van der Waals surface area contributed by atoms with Crippen LogP contribution in [0.3, 0.4) is 0 Å². The standard InChI is InChI=1S/C20H25N3O2S/c24-19(14-26-13-15-5-2-1-3-6-15)23-10-4-7-16(12-23)11-18-21-20(22-25-18)17-8-9-17/h1-3,5-6,16-17H,4,7-14H2/t16-/m0/s1. The van der Waals surface area contributed by atoms with Gasteiger partial charge in [0.15, 0.2) is 5.82 Å². The molecule has 2 aliphatic rings. The molecule has 1 saturated heterocycles. The van der Waals surface area contributed by atoms with Crippen molar-refractivity contribution in [1.29, 1.82) is 0 Å². The van der Waals surface area contributed by atoms with Gasteiger partial charge in [-0.25, -0.2) is 0 Å². The summed E-state index contributed by atoms with van der Waals surface area (Å²) < 4.78 is 5.41. The average molecular weight is 372 g/mol. The molecular formula is C20H25N3O2S. The predicted octanol–water partition coefficient (Wildman–Crippen LogP) is 3.66. The van der Waals surface area contributed by atoms with Gasteiger partial charge >= 0.3 is 0 Å². The Morgan fingerprint density at radius 2 is 2.08 bits per heavy atom. The van der Waals surface area contributed by atoms with Crippen LogP contribution < -0.4 is 0 Å². The zero-order chi connectivity index (χ0) is 17.8. The van der Waals surface area contributed by atoms with Crippen molar-refractivity contribution in [3.8, 4) is 0 Å². The third-order valence-corrected chi connectivity index (χ3v) is 6.09. The fourth-order valence-electron chi connectivity index (χ4n) is 3.49. The Kier molecular flexibility index (Phi) is 5.58. The summed E-state index contributed by atoms with van der Waals surface area (Å²) in [6, 6.07) is 10.3. The van der Waals surface area contributed by atoms with Crippen LogP contribution in [0.4, 0.5) is 0 Å². The van der Waals surface area contributed by atoms with E-state index in [-0.39, 0.29) is 5.91 Å². The number of carbonyl (C=O) groups is 1. The molecule has 1 saturated carbocycles. The number of nitrogens with zero attached hydrogens (tertiary/aromatic N) is 3. The number of amides is 1. The lowest BCUT2D eigenvalue weighted by Crippen LogP contribution is -2.41. The van der Waals surface area contributed by atoms with Gasteiger partial charge in [0.2, 0.25) is 11.8 Å². The SMILES string of the molecule is O=C(CSCc1ccccc1)N1CCC[C@@H](Cc2nc(C3CC3)no2)C1. The molecule has 2 aromatic rings. The third-order valence-electron chi connectivity index (χ3n) is 5.10. The lowest BCUT2D eigenvalue weighted by atomic mass is 9.95. The molecule has 1 aliphatic carbocycles. The molecule has 2 heterocycles. The molecule has 1 atom stereocenters. The second-order valence-electron chi connectivity index (χ2n) is 7.35. The molecule has 138 valence electrons. The molecular weight excluding hydrogens is 346 g/mol. The van der Waals surface area contributed by atoms with Crippen LogP contribution in [0.25, 0.3) is 0 Å². The van der Waals surface area contributed by atoms with Gasteiger partial charge in [-0.15, -0.1) is 11.8 Å². The van der Waals surface area contributed by atoms with Gasteiger partial charge in [0.25, 0.3) is 0 Å². The van der Waals surface area contributed by atoms with E-state index in [1.54, 1.807) is 11.8 Å². The first kappa shape index (κ1) is 17.6. The number of hydrogen-bond acceptors (Lipinski definition) is 5. The van der Waals surface area contributed by atoms with Crippen LogP contribution in [-0.2, 0) is 17.0 Å². The quantitative estimate of drug-likeness (QED) is 0.743. The van der Waals surface area contributed by atoms with Crippen LogP contribution in [0.15, 0.2) is 34.9 Å². The van der Waals surface area contributed by atoms with Crippen LogP contribution in [0, 0.1) is 5.92 Å². The second-order valence-corrected chi connectivity index (χ2v) is 8.34. The maximum absolute atomic E-state index is 12.5. The molecule has 0 unspecified atom stereocenters. The summed E-state index contributed by atoms with van der Waals surface area (Å²) in [6.45, 7) is 1.68. The first-order valence-electron chi connectivity index (χ1n) is 9.50. The Bertz CT molecular complexity index is 730. The van der Waals surface area contributed by atoms with Crippen LogP contribution in [0.5, 0.6) is 0 Å². The molecule has 6 heteroatoms. The van der Waals surface area contributed by atoms with Gasteiger partial charge in [0.05, 0.1) is 5.75 Å². The predicted molar refractivity (Wildman–Crippen MR) is 102 cm³/mol. The molecule has 2 fully saturated rings. The number of thioether (sulfide) groups is 1. The molecule has 1 aliphatic heterocycles. The second kappa shape index (κ2) is 8.25. The van der Waals surface area contributed by atoms with E-state index < -0.39 is 0 Å². The number of likely N-dealkylation sites (tertiary alicyclic amines) is 1. The van der Waals surface area contributed by atoms with Crippen molar-refractivity contribution in [2.24, 2.45) is 5.92 Å². The van der Waals surface area contributed by atoms with Crippen molar-refractivity contribution >= 4 is 17.7 Å². The van der Waals surface area contributed by atoms with Crippen molar-refractivity contribution < 1.29 is 9.32 Å². The summed E-state index contributed by atoms with van der Waals surface area (Å²) in [5.74, 6) is 4.26. The number of aromatic nitrogens is 2. The van der Waals surface area contributed by atoms with Gasteiger partial charge in [-0.1, -0.05) is 35.5 Å². The first-order valence-corrected chi connectivity index (χ1v) is 10.7. The Hall–Kier alpha value is -1.82. The number of piperidine rings is 1. The molecule has 1 aromatic carbocycles. The van der Waals surface area contributed by atoms with Crippen LogP contribution in [-0.4, -0.2) is 39.8 Å². The lowest BCUT2D eigenvalue weighted by molar-refractivity contribution is -0.130. The number of benzene rings is 1. The van der Waals surface area contributed by atoms with Gasteiger partial charge in [-0.2, -0.15) is 4.98 Å². The van der Waals surface area contributed by atoms with E-state index in [2.05, 4.69) is 22.3 Å². The van der Waals surface area contributed by atoms with Gasteiger partial charge in [0, 0.05) is 31.2 Å². The zero-order valence-electron chi connectivity index (χ0n) is 15.0. The minimum Gasteiger partial charge on any atom is -0.342 e. The Morgan fingerprint density at radius 1 is 1.23 bits per heavy atom. The van der Waals surface area contributed by atoms with E-state index in [4.69, 9.17) is 4.52 Å². The molecule has 0 N–H and O–H groups in total. The highest BCUT2D eigenvalue weighted by Gasteiger charge is 2.30. The monoisotopic (exact) mass is 371 g/mol. The van der Waals surface area contributed by atoms with Crippen molar-refractivity contribution in [3.63, 3.8) is 0 Å². The number of carbonyl (C=O) groups excluding carboxylic acids is 1. The smallest absolute Gasteiger partial charge is 0.232 e. The van der Waals surface area contributed by atoms with Crippen LogP contribution >= 0.6 is 11.8 Å². The lowest BCUT2D eigenvalue weighted by Gasteiger charge is -2.32.